The highest BCUT2D eigenvalue weighted by Gasteiger charge is 2.28. The summed E-state index contributed by atoms with van der Waals surface area (Å²) in [5.41, 5.74) is 1.17. The Hall–Kier alpha value is -2.03. The maximum absolute atomic E-state index is 13.0. The first-order valence-corrected chi connectivity index (χ1v) is 11.0. The highest BCUT2D eigenvalue weighted by molar-refractivity contribution is 9.10. The zero-order valence-electron chi connectivity index (χ0n) is 14.8. The first-order valence-electron chi connectivity index (χ1n) is 8.41. The quantitative estimate of drug-likeness (QED) is 0.670. The van der Waals surface area contributed by atoms with Gasteiger partial charge in [-0.3, -0.25) is 9.59 Å². The molecule has 8 heteroatoms. The molecular weight excluding hydrogens is 432 g/mol. The van der Waals surface area contributed by atoms with E-state index in [0.29, 0.717) is 29.8 Å². The van der Waals surface area contributed by atoms with E-state index in [4.69, 9.17) is 0 Å². The summed E-state index contributed by atoms with van der Waals surface area (Å²) in [5.74, 6) is -0.481. The molecule has 1 heterocycles. The lowest BCUT2D eigenvalue weighted by Crippen LogP contribution is -2.50. The summed E-state index contributed by atoms with van der Waals surface area (Å²) in [6.45, 7) is 1.11. The molecule has 142 valence electrons. The number of carbonyl (C=O) groups is 2. The minimum Gasteiger partial charge on any atom is -0.336 e. The molecule has 1 aliphatic rings. The first kappa shape index (κ1) is 19.7. The van der Waals surface area contributed by atoms with Crippen LogP contribution >= 0.6 is 15.9 Å². The van der Waals surface area contributed by atoms with Gasteiger partial charge in [-0.15, -0.1) is 0 Å². The fourth-order valence-electron chi connectivity index (χ4n) is 3.02. The maximum Gasteiger partial charge on any atom is 0.254 e. The SMILES string of the molecule is CS(=O)(=O)N1CCN(C(=O)c2ccccc2C(=O)c2ccc(Br)cc2)CC1. The van der Waals surface area contributed by atoms with E-state index in [-0.39, 0.29) is 24.8 Å². The zero-order chi connectivity index (χ0) is 19.6. The summed E-state index contributed by atoms with van der Waals surface area (Å²) in [7, 11) is -3.26. The van der Waals surface area contributed by atoms with Gasteiger partial charge < -0.3 is 4.90 Å². The van der Waals surface area contributed by atoms with E-state index in [0.717, 1.165) is 10.7 Å². The third kappa shape index (κ3) is 4.45. The molecule has 0 N–H and O–H groups in total. The van der Waals surface area contributed by atoms with Gasteiger partial charge in [0.05, 0.1) is 11.8 Å². The molecule has 0 spiro atoms. The summed E-state index contributed by atoms with van der Waals surface area (Å²) in [6, 6.07) is 13.7. The fourth-order valence-corrected chi connectivity index (χ4v) is 4.11. The van der Waals surface area contributed by atoms with Crippen molar-refractivity contribution in [2.75, 3.05) is 32.4 Å². The van der Waals surface area contributed by atoms with E-state index in [9.17, 15) is 18.0 Å². The Labute approximate surface area is 167 Å². The lowest BCUT2D eigenvalue weighted by atomic mass is 9.97. The second-order valence-corrected chi connectivity index (χ2v) is 9.23. The van der Waals surface area contributed by atoms with Crippen LogP contribution in [0.25, 0.3) is 0 Å². The number of halogens is 1. The molecule has 1 saturated heterocycles. The topological polar surface area (TPSA) is 74.8 Å². The molecule has 1 aliphatic heterocycles. The molecule has 0 saturated carbocycles. The minimum absolute atomic E-state index is 0.221. The van der Waals surface area contributed by atoms with Gasteiger partial charge in [-0.25, -0.2) is 8.42 Å². The van der Waals surface area contributed by atoms with Crippen molar-refractivity contribution in [2.45, 2.75) is 0 Å². The average molecular weight is 451 g/mol. The van der Waals surface area contributed by atoms with Gasteiger partial charge in [-0.05, 0) is 30.3 Å². The summed E-state index contributed by atoms with van der Waals surface area (Å²) in [4.78, 5) is 27.4. The number of hydrogen-bond donors (Lipinski definition) is 0. The van der Waals surface area contributed by atoms with E-state index in [1.807, 2.05) is 0 Å². The Morgan fingerprint density at radius 3 is 2.00 bits per heavy atom. The van der Waals surface area contributed by atoms with E-state index in [1.165, 1.54) is 4.31 Å². The third-order valence-corrected chi connectivity index (χ3v) is 6.34. The molecule has 0 radical (unpaired) electrons. The van der Waals surface area contributed by atoms with Crippen LogP contribution in [-0.2, 0) is 10.0 Å². The monoisotopic (exact) mass is 450 g/mol. The van der Waals surface area contributed by atoms with E-state index in [2.05, 4.69) is 15.9 Å². The molecule has 1 amide bonds. The van der Waals surface area contributed by atoms with Crippen molar-refractivity contribution in [3.05, 3.63) is 69.7 Å². The molecule has 6 nitrogen and oxygen atoms in total. The van der Waals surface area contributed by atoms with Crippen molar-refractivity contribution < 1.29 is 18.0 Å². The molecule has 0 unspecified atom stereocenters. The third-order valence-electron chi connectivity index (χ3n) is 4.50. The van der Waals surface area contributed by atoms with Crippen molar-refractivity contribution in [3.63, 3.8) is 0 Å². The van der Waals surface area contributed by atoms with Crippen molar-refractivity contribution in [1.82, 2.24) is 9.21 Å². The number of amides is 1. The van der Waals surface area contributed by atoms with Gasteiger partial charge >= 0.3 is 0 Å². The van der Waals surface area contributed by atoms with Crippen molar-refractivity contribution in [2.24, 2.45) is 0 Å². The molecule has 0 aliphatic carbocycles. The van der Waals surface area contributed by atoms with E-state index >= 15 is 0 Å². The number of ketones is 1. The van der Waals surface area contributed by atoms with Crippen LogP contribution < -0.4 is 0 Å². The second-order valence-electron chi connectivity index (χ2n) is 6.34. The Morgan fingerprint density at radius 2 is 1.44 bits per heavy atom. The van der Waals surface area contributed by atoms with Gasteiger partial charge in [-0.1, -0.05) is 34.1 Å². The fraction of sp³-hybridized carbons (Fsp3) is 0.263. The van der Waals surface area contributed by atoms with Gasteiger partial charge in [0.25, 0.3) is 5.91 Å². The van der Waals surface area contributed by atoms with Crippen LogP contribution in [0.2, 0.25) is 0 Å². The predicted molar refractivity (Wildman–Crippen MR) is 106 cm³/mol. The van der Waals surface area contributed by atoms with Gasteiger partial charge in [0.2, 0.25) is 10.0 Å². The average Bonchev–Trinajstić information content (AvgIpc) is 2.67. The molecule has 0 aromatic heterocycles. The number of rotatable bonds is 4. The van der Waals surface area contributed by atoms with Crippen LogP contribution in [0.1, 0.15) is 26.3 Å². The van der Waals surface area contributed by atoms with Crippen molar-refractivity contribution in [1.29, 1.82) is 0 Å². The number of benzene rings is 2. The van der Waals surface area contributed by atoms with Gasteiger partial charge in [-0.2, -0.15) is 4.31 Å². The molecule has 0 bridgehead atoms. The van der Waals surface area contributed by atoms with Gasteiger partial charge in [0.15, 0.2) is 5.78 Å². The number of piperazine rings is 1. The highest BCUT2D eigenvalue weighted by atomic mass is 79.9. The molecule has 1 fully saturated rings. The Bertz CT molecular complexity index is 965. The standard InChI is InChI=1S/C19H19BrN2O4S/c1-27(25,26)22-12-10-21(11-13-22)19(24)17-5-3-2-4-16(17)18(23)14-6-8-15(20)9-7-14/h2-9H,10-13H2,1H3. The lowest BCUT2D eigenvalue weighted by molar-refractivity contribution is 0.0695. The van der Waals surface area contributed by atoms with Crippen LogP contribution in [0.4, 0.5) is 0 Å². The van der Waals surface area contributed by atoms with E-state index < -0.39 is 10.0 Å². The summed E-state index contributed by atoms with van der Waals surface area (Å²) >= 11 is 3.34. The highest BCUT2D eigenvalue weighted by Crippen LogP contribution is 2.19. The molecule has 0 atom stereocenters. The summed E-state index contributed by atoms with van der Waals surface area (Å²) in [6.07, 6.45) is 1.16. The number of nitrogens with zero attached hydrogens (tertiary/aromatic N) is 2. The molecule has 3 rings (SSSR count). The Morgan fingerprint density at radius 1 is 0.889 bits per heavy atom. The Balaban J connectivity index is 1.83. The number of sulfonamides is 1. The Kier molecular flexibility index (Phi) is 5.78. The van der Waals surface area contributed by atoms with Crippen LogP contribution in [0.5, 0.6) is 0 Å². The predicted octanol–water partition coefficient (Wildman–Crippen LogP) is 2.40. The minimum atomic E-state index is -3.26. The molecule has 27 heavy (non-hydrogen) atoms. The maximum atomic E-state index is 13.0. The zero-order valence-corrected chi connectivity index (χ0v) is 17.2. The van der Waals surface area contributed by atoms with Crippen molar-refractivity contribution in [3.8, 4) is 0 Å². The number of hydrogen-bond acceptors (Lipinski definition) is 4. The lowest BCUT2D eigenvalue weighted by Gasteiger charge is -2.33. The van der Waals surface area contributed by atoms with Crippen molar-refractivity contribution >= 4 is 37.6 Å². The molecule has 2 aromatic carbocycles. The van der Waals surface area contributed by atoms with Gasteiger partial charge in [0.1, 0.15) is 0 Å². The van der Waals surface area contributed by atoms with E-state index in [1.54, 1.807) is 53.4 Å². The largest absolute Gasteiger partial charge is 0.336 e. The molecular formula is C19H19BrN2O4S. The van der Waals surface area contributed by atoms with Crippen LogP contribution in [0, 0.1) is 0 Å². The van der Waals surface area contributed by atoms with Crippen LogP contribution in [0.15, 0.2) is 53.0 Å². The molecule has 2 aromatic rings. The van der Waals surface area contributed by atoms with Crippen LogP contribution in [0.3, 0.4) is 0 Å². The first-order chi connectivity index (χ1) is 12.8. The second kappa shape index (κ2) is 7.92. The number of carbonyl (C=O) groups excluding carboxylic acids is 2. The summed E-state index contributed by atoms with van der Waals surface area (Å²) in [5, 5.41) is 0. The van der Waals surface area contributed by atoms with Crippen LogP contribution in [-0.4, -0.2) is 61.7 Å². The summed E-state index contributed by atoms with van der Waals surface area (Å²) < 4.78 is 25.5. The van der Waals surface area contributed by atoms with Gasteiger partial charge in [0, 0.05) is 41.8 Å². The normalized spacial score (nSPS) is 15.6. The smallest absolute Gasteiger partial charge is 0.254 e.